The van der Waals surface area contributed by atoms with Gasteiger partial charge in [0.25, 0.3) is 11.4 Å². The van der Waals surface area contributed by atoms with Gasteiger partial charge in [0.15, 0.2) is 0 Å². The summed E-state index contributed by atoms with van der Waals surface area (Å²) < 4.78 is 22.8. The molecule has 0 saturated heterocycles. The smallest absolute Gasteiger partial charge is 0.284 e. The van der Waals surface area contributed by atoms with Crippen LogP contribution in [0.3, 0.4) is 0 Å². The number of hydrogen-bond donors (Lipinski definition) is 2. The predicted octanol–water partition coefficient (Wildman–Crippen LogP) is 1.39. The molecule has 3 nitrogen and oxygen atoms in total. The fourth-order valence-electron chi connectivity index (χ4n) is 2.31. The molecule has 3 aromatic rings. The van der Waals surface area contributed by atoms with Crippen molar-refractivity contribution in [3.8, 4) is 0 Å². The average Bonchev–Trinajstić information content (AvgIpc) is 2.58. The van der Waals surface area contributed by atoms with Crippen LogP contribution in [0.1, 0.15) is 16.7 Å². The monoisotopic (exact) mass is 348 g/mol. The van der Waals surface area contributed by atoms with Crippen molar-refractivity contribution in [3.05, 3.63) is 114 Å². The van der Waals surface area contributed by atoms with Crippen molar-refractivity contribution in [1.82, 2.24) is 0 Å². The Balaban J connectivity index is 0.000000522. The molecule has 3 aromatic carbocycles. The zero-order valence-electron chi connectivity index (χ0n) is 13.4. The minimum absolute atomic E-state index is 0. The van der Waals surface area contributed by atoms with E-state index in [9.17, 15) is 0 Å². The van der Waals surface area contributed by atoms with Crippen LogP contribution in [0, 0.1) is 5.92 Å². The quantitative estimate of drug-likeness (QED) is 0.326. The molecule has 0 saturated carbocycles. The molecule has 118 valence electrons. The molecule has 0 amide bonds. The molecule has 0 aliphatic rings. The van der Waals surface area contributed by atoms with Crippen LogP contribution in [0.15, 0.2) is 91.0 Å². The van der Waals surface area contributed by atoms with Crippen molar-refractivity contribution in [2.24, 2.45) is 0 Å². The largest absolute Gasteiger partial charge is 1.00 e. The van der Waals surface area contributed by atoms with Crippen molar-refractivity contribution in [3.63, 3.8) is 0 Å². The third kappa shape index (κ3) is 6.61. The molecular formula is C19H17NaO3S. The minimum Gasteiger partial charge on any atom is -0.284 e. The van der Waals surface area contributed by atoms with Crippen LogP contribution in [0.5, 0.6) is 0 Å². The van der Waals surface area contributed by atoms with Gasteiger partial charge in [0.05, 0.1) is 0 Å². The van der Waals surface area contributed by atoms with Crippen LogP contribution < -0.4 is 29.6 Å². The van der Waals surface area contributed by atoms with E-state index in [-0.39, 0.29) is 29.6 Å². The Morgan fingerprint density at radius 3 is 1.00 bits per heavy atom. The first-order valence-electron chi connectivity index (χ1n) is 7.01. The molecule has 2 N–H and O–H groups in total. The van der Waals surface area contributed by atoms with E-state index < -0.39 is 11.4 Å². The van der Waals surface area contributed by atoms with Crippen LogP contribution in [0.4, 0.5) is 0 Å². The van der Waals surface area contributed by atoms with Crippen molar-refractivity contribution in [2.75, 3.05) is 0 Å². The average molecular weight is 348 g/mol. The molecule has 0 spiro atoms. The van der Waals surface area contributed by atoms with Gasteiger partial charge >= 0.3 is 29.6 Å². The minimum atomic E-state index is -2.61. The van der Waals surface area contributed by atoms with Crippen LogP contribution in [-0.2, 0) is 11.4 Å². The molecule has 0 fully saturated rings. The van der Waals surface area contributed by atoms with E-state index in [4.69, 9.17) is 13.3 Å². The van der Waals surface area contributed by atoms with E-state index in [1.54, 1.807) is 0 Å². The third-order valence-electron chi connectivity index (χ3n) is 3.19. The SMILES string of the molecule is O=S(O)O.[Na+].c1ccc([C-](c2ccccc2)c2ccccc2)cc1. The summed E-state index contributed by atoms with van der Waals surface area (Å²) in [6.45, 7) is 0. The summed E-state index contributed by atoms with van der Waals surface area (Å²) in [7, 11) is 0. The first-order chi connectivity index (χ1) is 11.2. The summed E-state index contributed by atoms with van der Waals surface area (Å²) in [5, 5.41) is 0. The standard InChI is InChI=1S/C19H15.Na.H2O3S/c1-4-10-16(11-5-1)19(17-12-6-2-7-13-17)18-14-8-3-9-15-18;;1-4(2)3/h1-15H;;(H2,1,2,3)/q-1;+1;. The van der Waals surface area contributed by atoms with E-state index in [0.29, 0.717) is 0 Å². The summed E-state index contributed by atoms with van der Waals surface area (Å²) in [5.74, 6) is 1.28. The topological polar surface area (TPSA) is 57.5 Å². The Labute approximate surface area is 167 Å². The van der Waals surface area contributed by atoms with Gasteiger partial charge in [-0.1, -0.05) is 114 Å². The zero-order chi connectivity index (χ0) is 16.5. The molecule has 0 aromatic heterocycles. The van der Waals surface area contributed by atoms with Gasteiger partial charge in [-0.05, 0) is 0 Å². The van der Waals surface area contributed by atoms with Gasteiger partial charge in [-0.25, -0.2) is 0 Å². The van der Waals surface area contributed by atoms with Crippen LogP contribution in [0.2, 0.25) is 0 Å². The Bertz CT molecular complexity index is 623. The summed E-state index contributed by atoms with van der Waals surface area (Å²) in [4.78, 5) is 0. The maximum atomic E-state index is 8.67. The maximum absolute atomic E-state index is 8.67. The van der Waals surface area contributed by atoms with Crippen molar-refractivity contribution >= 4 is 11.4 Å². The van der Waals surface area contributed by atoms with E-state index in [2.05, 4.69) is 91.0 Å². The van der Waals surface area contributed by atoms with Crippen molar-refractivity contribution < 1.29 is 42.9 Å². The second-order valence-corrected chi connectivity index (χ2v) is 5.17. The molecule has 0 atom stereocenters. The van der Waals surface area contributed by atoms with E-state index in [1.807, 2.05) is 0 Å². The van der Waals surface area contributed by atoms with Crippen molar-refractivity contribution in [2.45, 2.75) is 0 Å². The third-order valence-corrected chi connectivity index (χ3v) is 3.19. The summed E-state index contributed by atoms with van der Waals surface area (Å²) in [6, 6.07) is 31.6. The Kier molecular flexibility index (Phi) is 9.64. The molecular weight excluding hydrogens is 331 g/mol. The second-order valence-electron chi connectivity index (χ2n) is 4.70. The molecule has 5 heteroatoms. The number of rotatable bonds is 3. The van der Waals surface area contributed by atoms with Gasteiger partial charge in [-0.3, -0.25) is 9.11 Å². The van der Waals surface area contributed by atoms with Gasteiger partial charge in [-0.2, -0.15) is 4.21 Å². The molecule has 3 rings (SSSR count). The molecule has 24 heavy (non-hydrogen) atoms. The normalized spacial score (nSPS) is 9.46. The number of benzene rings is 3. The summed E-state index contributed by atoms with van der Waals surface area (Å²) >= 11 is -2.61. The molecule has 0 heterocycles. The fourth-order valence-corrected chi connectivity index (χ4v) is 2.31. The van der Waals surface area contributed by atoms with Crippen LogP contribution in [-0.4, -0.2) is 13.3 Å². The Morgan fingerprint density at radius 2 is 0.792 bits per heavy atom. The molecule has 0 aliphatic carbocycles. The maximum Gasteiger partial charge on any atom is 1.00 e. The molecule has 0 bridgehead atoms. The van der Waals surface area contributed by atoms with Gasteiger partial charge < -0.3 is 0 Å². The van der Waals surface area contributed by atoms with Gasteiger partial charge in [0.2, 0.25) is 0 Å². The predicted molar refractivity (Wildman–Crippen MR) is 93.3 cm³/mol. The van der Waals surface area contributed by atoms with Gasteiger partial charge in [-0.15, -0.1) is 0 Å². The van der Waals surface area contributed by atoms with E-state index in [0.717, 1.165) is 0 Å². The van der Waals surface area contributed by atoms with Crippen LogP contribution in [0.25, 0.3) is 0 Å². The fraction of sp³-hybridized carbons (Fsp3) is 0. The Hall–Kier alpha value is -1.40. The Morgan fingerprint density at radius 1 is 0.583 bits per heavy atom. The summed E-state index contributed by atoms with van der Waals surface area (Å²) in [5.41, 5.74) is 3.75. The van der Waals surface area contributed by atoms with Crippen LogP contribution >= 0.6 is 0 Å². The van der Waals surface area contributed by atoms with Gasteiger partial charge in [0.1, 0.15) is 0 Å². The van der Waals surface area contributed by atoms with Gasteiger partial charge in [0, 0.05) is 0 Å². The first kappa shape index (κ1) is 20.6. The van der Waals surface area contributed by atoms with E-state index >= 15 is 0 Å². The van der Waals surface area contributed by atoms with Crippen molar-refractivity contribution in [1.29, 1.82) is 0 Å². The van der Waals surface area contributed by atoms with E-state index in [1.165, 1.54) is 22.6 Å². The molecule has 0 aliphatic heterocycles. The zero-order valence-corrected chi connectivity index (χ0v) is 16.2. The summed E-state index contributed by atoms with van der Waals surface area (Å²) in [6.07, 6.45) is 0. The first-order valence-corrected chi connectivity index (χ1v) is 8.08. The molecule has 0 radical (unpaired) electrons. The number of hydrogen-bond acceptors (Lipinski definition) is 1. The molecule has 0 unspecified atom stereocenters. The second kappa shape index (κ2) is 11.2.